The van der Waals surface area contributed by atoms with Gasteiger partial charge in [0.1, 0.15) is 5.75 Å². The first-order valence-corrected chi connectivity index (χ1v) is 9.38. The Hall–Kier alpha value is -1.79. The average molecular weight is 367 g/mol. The molecule has 0 saturated heterocycles. The smallest absolute Gasteiger partial charge is 0.337 e. The van der Waals surface area contributed by atoms with Crippen LogP contribution in [0.2, 0.25) is 0 Å². The molecular weight excluding hydrogens is 334 g/mol. The predicted octanol–water partition coefficient (Wildman–Crippen LogP) is 4.24. The van der Waals surface area contributed by atoms with E-state index in [9.17, 15) is 4.79 Å². The van der Waals surface area contributed by atoms with E-state index in [0.29, 0.717) is 24.5 Å². The fourth-order valence-electron chi connectivity index (χ4n) is 2.47. The second kappa shape index (κ2) is 14.4. The molecule has 1 aromatic rings. The van der Waals surface area contributed by atoms with Gasteiger partial charge in [0.15, 0.2) is 6.79 Å². The molecular formula is C20H33NO5. The van der Waals surface area contributed by atoms with E-state index >= 15 is 0 Å². The van der Waals surface area contributed by atoms with Gasteiger partial charge in [-0.2, -0.15) is 0 Å². The van der Waals surface area contributed by atoms with Gasteiger partial charge in [-0.15, -0.1) is 0 Å². The molecule has 1 N–H and O–H groups in total. The lowest BCUT2D eigenvalue weighted by Crippen LogP contribution is -2.11. The first kappa shape index (κ1) is 22.3. The van der Waals surface area contributed by atoms with Crippen LogP contribution in [0.4, 0.5) is 5.69 Å². The zero-order chi connectivity index (χ0) is 19.0. The molecule has 0 fully saturated rings. The number of benzene rings is 1. The van der Waals surface area contributed by atoms with Crippen LogP contribution in [0.25, 0.3) is 0 Å². The first-order chi connectivity index (χ1) is 12.7. The number of anilines is 1. The summed E-state index contributed by atoms with van der Waals surface area (Å²) in [6, 6.07) is 5.20. The van der Waals surface area contributed by atoms with E-state index < -0.39 is 0 Å². The van der Waals surface area contributed by atoms with Crippen molar-refractivity contribution in [2.75, 3.05) is 46.1 Å². The highest BCUT2D eigenvalue weighted by atomic mass is 16.7. The van der Waals surface area contributed by atoms with Gasteiger partial charge in [-0.3, -0.25) is 0 Å². The van der Waals surface area contributed by atoms with Crippen LogP contribution in [0.15, 0.2) is 18.2 Å². The van der Waals surface area contributed by atoms with Crippen LogP contribution in [-0.4, -0.2) is 46.7 Å². The topological polar surface area (TPSA) is 66.0 Å². The lowest BCUT2D eigenvalue weighted by atomic mass is 10.1. The highest BCUT2D eigenvalue weighted by Gasteiger charge is 2.11. The molecule has 0 unspecified atom stereocenters. The Morgan fingerprint density at radius 1 is 1.04 bits per heavy atom. The highest BCUT2D eigenvalue weighted by Crippen LogP contribution is 2.26. The number of methoxy groups -OCH3 is 2. The minimum atomic E-state index is -0.365. The van der Waals surface area contributed by atoms with Gasteiger partial charge >= 0.3 is 5.97 Å². The molecule has 0 aliphatic carbocycles. The van der Waals surface area contributed by atoms with Crippen LogP contribution in [-0.2, 0) is 14.2 Å². The minimum Gasteiger partial charge on any atom is -0.465 e. The molecule has 0 saturated carbocycles. The minimum absolute atomic E-state index is 0.132. The molecule has 0 aliphatic rings. The molecule has 0 aromatic heterocycles. The number of hydrogen-bond donors (Lipinski definition) is 1. The second-order valence-corrected chi connectivity index (χ2v) is 6.06. The van der Waals surface area contributed by atoms with Crippen LogP contribution in [0, 0.1) is 0 Å². The van der Waals surface area contributed by atoms with E-state index in [1.807, 2.05) is 0 Å². The molecule has 1 rings (SSSR count). The molecule has 148 valence electrons. The monoisotopic (exact) mass is 367 g/mol. The SMILES string of the molecule is CCCCCCCCNc1cc(C(=O)OC)ccc1OCOCCOC. The van der Waals surface area contributed by atoms with E-state index in [1.54, 1.807) is 25.3 Å². The molecule has 0 heterocycles. The van der Waals surface area contributed by atoms with Crippen LogP contribution in [0.3, 0.4) is 0 Å². The number of unbranched alkanes of at least 4 members (excludes halogenated alkanes) is 5. The van der Waals surface area contributed by atoms with E-state index in [4.69, 9.17) is 18.9 Å². The van der Waals surface area contributed by atoms with Crippen molar-refractivity contribution in [3.63, 3.8) is 0 Å². The second-order valence-electron chi connectivity index (χ2n) is 6.06. The first-order valence-electron chi connectivity index (χ1n) is 9.38. The third-order valence-corrected chi connectivity index (χ3v) is 3.98. The molecule has 0 amide bonds. The van der Waals surface area contributed by atoms with Gasteiger partial charge in [-0.25, -0.2) is 4.79 Å². The molecule has 26 heavy (non-hydrogen) atoms. The molecule has 0 aliphatic heterocycles. The normalized spacial score (nSPS) is 10.6. The summed E-state index contributed by atoms with van der Waals surface area (Å²) in [5.74, 6) is 0.288. The van der Waals surface area contributed by atoms with Crippen LogP contribution in [0.1, 0.15) is 55.8 Å². The quantitative estimate of drug-likeness (QED) is 0.284. The van der Waals surface area contributed by atoms with Gasteiger partial charge in [0, 0.05) is 13.7 Å². The number of nitrogens with one attached hydrogen (secondary N) is 1. The zero-order valence-electron chi connectivity index (χ0n) is 16.3. The van der Waals surface area contributed by atoms with Crippen LogP contribution < -0.4 is 10.1 Å². The van der Waals surface area contributed by atoms with E-state index in [0.717, 1.165) is 18.7 Å². The third kappa shape index (κ3) is 9.06. The van der Waals surface area contributed by atoms with Crippen molar-refractivity contribution in [1.29, 1.82) is 0 Å². The zero-order valence-corrected chi connectivity index (χ0v) is 16.3. The molecule has 0 spiro atoms. The number of carbonyl (C=O) groups is 1. The van der Waals surface area contributed by atoms with Gasteiger partial charge < -0.3 is 24.3 Å². The van der Waals surface area contributed by atoms with Gasteiger partial charge in [-0.1, -0.05) is 39.0 Å². The highest BCUT2D eigenvalue weighted by molar-refractivity contribution is 5.91. The van der Waals surface area contributed by atoms with Crippen LogP contribution >= 0.6 is 0 Å². The summed E-state index contributed by atoms with van der Waals surface area (Å²) in [4.78, 5) is 11.8. The maximum Gasteiger partial charge on any atom is 0.337 e. The number of hydrogen-bond acceptors (Lipinski definition) is 6. The fraction of sp³-hybridized carbons (Fsp3) is 0.650. The van der Waals surface area contributed by atoms with Crippen molar-refractivity contribution in [3.8, 4) is 5.75 Å². The Morgan fingerprint density at radius 3 is 2.54 bits per heavy atom. The number of esters is 1. The molecule has 6 heteroatoms. The summed E-state index contributed by atoms with van der Waals surface area (Å²) < 4.78 is 20.7. The fourth-order valence-corrected chi connectivity index (χ4v) is 2.47. The van der Waals surface area contributed by atoms with Gasteiger partial charge in [0.25, 0.3) is 0 Å². The Kier molecular flexibility index (Phi) is 12.3. The van der Waals surface area contributed by atoms with E-state index in [1.165, 1.54) is 39.2 Å². The Bertz CT molecular complexity index is 507. The molecule has 0 atom stereocenters. The number of rotatable bonds is 15. The van der Waals surface area contributed by atoms with E-state index in [-0.39, 0.29) is 12.8 Å². The molecule has 6 nitrogen and oxygen atoms in total. The predicted molar refractivity (Wildman–Crippen MR) is 103 cm³/mol. The van der Waals surface area contributed by atoms with Crippen molar-refractivity contribution >= 4 is 11.7 Å². The lowest BCUT2D eigenvalue weighted by molar-refractivity contribution is -0.00817. The number of ether oxygens (including phenoxy) is 4. The summed E-state index contributed by atoms with van der Waals surface area (Å²) in [6.45, 7) is 4.17. The third-order valence-electron chi connectivity index (χ3n) is 3.98. The maximum atomic E-state index is 11.8. The standard InChI is InChI=1S/C20H33NO5/c1-4-5-6-7-8-9-12-21-18-15-17(20(22)24-3)10-11-19(18)26-16-25-14-13-23-2/h10-11,15,21H,4-9,12-14,16H2,1-3H3. The summed E-state index contributed by atoms with van der Waals surface area (Å²) in [5.41, 5.74) is 1.27. The summed E-state index contributed by atoms with van der Waals surface area (Å²) in [5, 5.41) is 3.36. The molecule has 0 radical (unpaired) electrons. The largest absolute Gasteiger partial charge is 0.465 e. The van der Waals surface area contributed by atoms with Crippen molar-refractivity contribution in [2.45, 2.75) is 45.4 Å². The molecule has 1 aromatic carbocycles. The van der Waals surface area contributed by atoms with Crippen molar-refractivity contribution < 1.29 is 23.7 Å². The van der Waals surface area contributed by atoms with Gasteiger partial charge in [-0.05, 0) is 24.6 Å². The number of carbonyl (C=O) groups excluding carboxylic acids is 1. The van der Waals surface area contributed by atoms with Crippen LogP contribution in [0.5, 0.6) is 5.75 Å². The van der Waals surface area contributed by atoms with E-state index in [2.05, 4.69) is 12.2 Å². The average Bonchev–Trinajstić information content (AvgIpc) is 2.67. The Morgan fingerprint density at radius 2 is 1.81 bits per heavy atom. The van der Waals surface area contributed by atoms with Gasteiger partial charge in [0.05, 0.1) is 31.6 Å². The van der Waals surface area contributed by atoms with Crippen molar-refractivity contribution in [1.82, 2.24) is 0 Å². The lowest BCUT2D eigenvalue weighted by Gasteiger charge is -2.14. The van der Waals surface area contributed by atoms with Gasteiger partial charge in [0.2, 0.25) is 0 Å². The Balaban J connectivity index is 2.54. The summed E-state index contributed by atoms with van der Waals surface area (Å²) in [7, 11) is 3.00. The molecule has 0 bridgehead atoms. The van der Waals surface area contributed by atoms with Crippen molar-refractivity contribution in [2.24, 2.45) is 0 Å². The maximum absolute atomic E-state index is 11.8. The summed E-state index contributed by atoms with van der Waals surface area (Å²) >= 11 is 0. The van der Waals surface area contributed by atoms with Crippen molar-refractivity contribution in [3.05, 3.63) is 23.8 Å². The Labute approximate surface area is 157 Å². The summed E-state index contributed by atoms with van der Waals surface area (Å²) in [6.07, 6.45) is 7.38.